The van der Waals surface area contributed by atoms with E-state index in [1.807, 2.05) is 6.07 Å². The quantitative estimate of drug-likeness (QED) is 0.874. The highest BCUT2D eigenvalue weighted by Gasteiger charge is 2.25. The Labute approximate surface area is 103 Å². The monoisotopic (exact) mass is 235 g/mol. The number of hydrogen-bond donors (Lipinski definition) is 1. The van der Waals surface area contributed by atoms with Crippen molar-refractivity contribution in [2.75, 3.05) is 13.7 Å². The first-order chi connectivity index (χ1) is 8.11. The fourth-order valence-corrected chi connectivity index (χ4v) is 2.34. The van der Waals surface area contributed by atoms with Gasteiger partial charge in [-0.25, -0.2) is 0 Å². The third-order valence-electron chi connectivity index (χ3n) is 3.01. The first kappa shape index (κ1) is 12.2. The molecule has 0 spiro atoms. The molecular formula is C14H21NO2. The second-order valence-electron chi connectivity index (χ2n) is 4.90. The van der Waals surface area contributed by atoms with Crippen LogP contribution in [0.2, 0.25) is 0 Å². The van der Waals surface area contributed by atoms with Crippen molar-refractivity contribution in [3.8, 4) is 11.5 Å². The van der Waals surface area contributed by atoms with Crippen LogP contribution in [0.15, 0.2) is 12.1 Å². The maximum Gasteiger partial charge on any atom is 0.165 e. The highest BCUT2D eigenvalue weighted by atomic mass is 16.5. The summed E-state index contributed by atoms with van der Waals surface area (Å²) in [5, 5.41) is 3.58. The van der Waals surface area contributed by atoms with Gasteiger partial charge in [-0.05, 0) is 18.6 Å². The highest BCUT2D eigenvalue weighted by molar-refractivity contribution is 5.51. The smallest absolute Gasteiger partial charge is 0.165 e. The van der Waals surface area contributed by atoms with E-state index in [0.717, 1.165) is 24.5 Å². The van der Waals surface area contributed by atoms with E-state index in [1.165, 1.54) is 11.1 Å². The molecule has 0 saturated heterocycles. The standard InChI is InChI=1S/C14H21NO2/c1-9(2)15-12-5-6-17-14-11(12)7-10(3)8-13(14)16-4/h7-9,12,15H,5-6H2,1-4H3. The second kappa shape index (κ2) is 4.96. The maximum atomic E-state index is 5.75. The molecule has 1 aromatic carbocycles. The van der Waals surface area contributed by atoms with Crippen LogP contribution in [-0.4, -0.2) is 19.8 Å². The van der Waals surface area contributed by atoms with Gasteiger partial charge in [0.2, 0.25) is 0 Å². The highest BCUT2D eigenvalue weighted by Crippen LogP contribution is 2.40. The van der Waals surface area contributed by atoms with Gasteiger partial charge in [-0.2, -0.15) is 0 Å². The van der Waals surface area contributed by atoms with Gasteiger partial charge in [-0.15, -0.1) is 0 Å². The number of hydrogen-bond acceptors (Lipinski definition) is 3. The molecule has 0 bridgehead atoms. The summed E-state index contributed by atoms with van der Waals surface area (Å²) in [6.07, 6.45) is 1.01. The van der Waals surface area contributed by atoms with Crippen molar-refractivity contribution < 1.29 is 9.47 Å². The Morgan fingerprint density at radius 2 is 2.18 bits per heavy atom. The van der Waals surface area contributed by atoms with Crippen LogP contribution in [0, 0.1) is 6.92 Å². The molecule has 1 aliphatic heterocycles. The Morgan fingerprint density at radius 3 is 2.82 bits per heavy atom. The van der Waals surface area contributed by atoms with E-state index in [2.05, 4.69) is 32.2 Å². The number of rotatable bonds is 3. The molecule has 1 atom stereocenters. The molecule has 94 valence electrons. The molecule has 3 nitrogen and oxygen atoms in total. The first-order valence-corrected chi connectivity index (χ1v) is 6.19. The van der Waals surface area contributed by atoms with Crippen molar-refractivity contribution in [2.24, 2.45) is 0 Å². The van der Waals surface area contributed by atoms with E-state index in [0.29, 0.717) is 12.1 Å². The summed E-state index contributed by atoms with van der Waals surface area (Å²) in [5.74, 6) is 1.75. The zero-order valence-electron chi connectivity index (χ0n) is 11.0. The number of benzene rings is 1. The van der Waals surface area contributed by atoms with Crippen LogP contribution in [0.1, 0.15) is 37.4 Å². The van der Waals surface area contributed by atoms with Crippen molar-refractivity contribution in [1.29, 1.82) is 0 Å². The van der Waals surface area contributed by atoms with Crippen LogP contribution >= 0.6 is 0 Å². The largest absolute Gasteiger partial charge is 0.493 e. The molecule has 3 heteroatoms. The maximum absolute atomic E-state index is 5.75. The SMILES string of the molecule is COc1cc(C)cc2c1OCCC2NC(C)C. The van der Waals surface area contributed by atoms with Crippen LogP contribution < -0.4 is 14.8 Å². The van der Waals surface area contributed by atoms with Crippen LogP contribution in [0.3, 0.4) is 0 Å². The molecule has 1 N–H and O–H groups in total. The molecule has 1 aromatic rings. The average Bonchev–Trinajstić information content (AvgIpc) is 2.28. The predicted octanol–water partition coefficient (Wildman–Crippen LogP) is 2.83. The van der Waals surface area contributed by atoms with Crippen molar-refractivity contribution in [3.63, 3.8) is 0 Å². The Kier molecular flexibility index (Phi) is 3.57. The zero-order valence-corrected chi connectivity index (χ0v) is 11.0. The number of ether oxygens (including phenoxy) is 2. The Bertz CT molecular complexity index is 401. The fourth-order valence-electron chi connectivity index (χ4n) is 2.34. The van der Waals surface area contributed by atoms with E-state index in [4.69, 9.17) is 9.47 Å². The topological polar surface area (TPSA) is 30.5 Å². The minimum absolute atomic E-state index is 0.368. The molecule has 0 amide bonds. The summed E-state index contributed by atoms with van der Waals surface area (Å²) in [7, 11) is 1.69. The predicted molar refractivity (Wildman–Crippen MR) is 68.9 cm³/mol. The molecule has 1 heterocycles. The fraction of sp³-hybridized carbons (Fsp3) is 0.571. The van der Waals surface area contributed by atoms with Crippen molar-refractivity contribution in [1.82, 2.24) is 5.32 Å². The molecule has 0 radical (unpaired) electrons. The molecule has 0 aliphatic carbocycles. The van der Waals surface area contributed by atoms with E-state index >= 15 is 0 Å². The lowest BCUT2D eigenvalue weighted by atomic mass is 9.97. The summed E-state index contributed by atoms with van der Waals surface area (Å²) in [4.78, 5) is 0. The molecule has 2 rings (SSSR count). The minimum Gasteiger partial charge on any atom is -0.493 e. The minimum atomic E-state index is 0.368. The van der Waals surface area contributed by atoms with Gasteiger partial charge < -0.3 is 14.8 Å². The van der Waals surface area contributed by atoms with Crippen LogP contribution in [0.4, 0.5) is 0 Å². The van der Waals surface area contributed by atoms with Gasteiger partial charge in [0.1, 0.15) is 0 Å². The van der Waals surface area contributed by atoms with Crippen molar-refractivity contribution in [3.05, 3.63) is 23.3 Å². The number of nitrogens with one attached hydrogen (secondary N) is 1. The van der Waals surface area contributed by atoms with Crippen LogP contribution in [0.25, 0.3) is 0 Å². The second-order valence-corrected chi connectivity index (χ2v) is 4.90. The Balaban J connectivity index is 2.39. The lowest BCUT2D eigenvalue weighted by Gasteiger charge is -2.29. The molecule has 0 aromatic heterocycles. The normalized spacial score (nSPS) is 18.8. The summed E-state index contributed by atoms with van der Waals surface area (Å²) in [6, 6.07) is 5.05. The van der Waals surface area contributed by atoms with Crippen LogP contribution in [0.5, 0.6) is 11.5 Å². The van der Waals surface area contributed by atoms with Gasteiger partial charge in [0.15, 0.2) is 11.5 Å². The van der Waals surface area contributed by atoms with Crippen molar-refractivity contribution in [2.45, 2.75) is 39.3 Å². The van der Waals surface area contributed by atoms with Crippen molar-refractivity contribution >= 4 is 0 Å². The third kappa shape index (κ3) is 2.55. The summed E-state index contributed by atoms with van der Waals surface area (Å²) in [6.45, 7) is 7.17. The van der Waals surface area contributed by atoms with Crippen LogP contribution in [-0.2, 0) is 0 Å². The summed E-state index contributed by atoms with van der Waals surface area (Å²) in [5.41, 5.74) is 2.43. The number of methoxy groups -OCH3 is 1. The Hall–Kier alpha value is -1.22. The van der Waals surface area contributed by atoms with Gasteiger partial charge in [-0.3, -0.25) is 0 Å². The lowest BCUT2D eigenvalue weighted by molar-refractivity contribution is 0.234. The Morgan fingerprint density at radius 1 is 1.41 bits per heavy atom. The van der Waals surface area contributed by atoms with Gasteiger partial charge in [0, 0.05) is 24.1 Å². The molecule has 0 saturated carbocycles. The van der Waals surface area contributed by atoms with E-state index in [-0.39, 0.29) is 0 Å². The third-order valence-corrected chi connectivity index (χ3v) is 3.01. The van der Waals surface area contributed by atoms with Gasteiger partial charge in [0.25, 0.3) is 0 Å². The number of fused-ring (bicyclic) bond motifs is 1. The molecule has 17 heavy (non-hydrogen) atoms. The molecular weight excluding hydrogens is 214 g/mol. The number of aryl methyl sites for hydroxylation is 1. The molecule has 0 fully saturated rings. The molecule has 1 unspecified atom stereocenters. The van der Waals surface area contributed by atoms with Gasteiger partial charge in [-0.1, -0.05) is 19.9 Å². The lowest BCUT2D eigenvalue weighted by Crippen LogP contribution is -2.32. The summed E-state index contributed by atoms with van der Waals surface area (Å²) >= 11 is 0. The van der Waals surface area contributed by atoms with E-state index in [9.17, 15) is 0 Å². The molecule has 1 aliphatic rings. The summed E-state index contributed by atoms with van der Waals surface area (Å²) < 4.78 is 11.1. The van der Waals surface area contributed by atoms with E-state index in [1.54, 1.807) is 7.11 Å². The van der Waals surface area contributed by atoms with Gasteiger partial charge in [0.05, 0.1) is 13.7 Å². The van der Waals surface area contributed by atoms with Gasteiger partial charge >= 0.3 is 0 Å². The zero-order chi connectivity index (χ0) is 12.4. The first-order valence-electron chi connectivity index (χ1n) is 6.19. The average molecular weight is 235 g/mol. The van der Waals surface area contributed by atoms with E-state index < -0.39 is 0 Å².